The summed E-state index contributed by atoms with van der Waals surface area (Å²) in [6.45, 7) is 6.20. The van der Waals surface area contributed by atoms with Gasteiger partial charge in [-0.1, -0.05) is 13.0 Å². The number of hydrogen-bond acceptors (Lipinski definition) is 2. The summed E-state index contributed by atoms with van der Waals surface area (Å²) in [4.78, 5) is 12.0. The van der Waals surface area contributed by atoms with Gasteiger partial charge in [0.25, 0.3) is 0 Å². The molecular formula is C14H18O2. The van der Waals surface area contributed by atoms with E-state index in [0.29, 0.717) is 6.42 Å². The van der Waals surface area contributed by atoms with E-state index in [1.54, 1.807) is 0 Å². The van der Waals surface area contributed by atoms with Gasteiger partial charge >= 0.3 is 0 Å². The molecule has 16 heavy (non-hydrogen) atoms. The van der Waals surface area contributed by atoms with Gasteiger partial charge in [0.05, 0.1) is 0 Å². The fraction of sp³-hybridized carbons (Fsp3) is 0.500. The van der Waals surface area contributed by atoms with Crippen LogP contribution in [0.15, 0.2) is 6.07 Å². The van der Waals surface area contributed by atoms with E-state index in [0.717, 1.165) is 17.5 Å². The first-order chi connectivity index (χ1) is 7.56. The van der Waals surface area contributed by atoms with Gasteiger partial charge in [-0.25, -0.2) is 0 Å². The van der Waals surface area contributed by atoms with Crippen molar-refractivity contribution in [3.8, 4) is 0 Å². The number of carbonyl (C=O) groups is 1. The Bertz CT molecular complexity index is 447. The molecule has 2 rings (SSSR count). The second kappa shape index (κ2) is 4.02. The molecule has 1 atom stereocenters. The average molecular weight is 218 g/mol. The third kappa shape index (κ3) is 1.57. The Morgan fingerprint density at radius 3 is 2.69 bits per heavy atom. The zero-order valence-corrected chi connectivity index (χ0v) is 10.1. The van der Waals surface area contributed by atoms with E-state index in [4.69, 9.17) is 5.11 Å². The van der Waals surface area contributed by atoms with E-state index in [9.17, 15) is 4.79 Å². The minimum atomic E-state index is 0.105. The lowest BCUT2D eigenvalue weighted by molar-refractivity contribution is 0.0946. The summed E-state index contributed by atoms with van der Waals surface area (Å²) in [7, 11) is 0. The number of rotatable bonds is 2. The van der Waals surface area contributed by atoms with Gasteiger partial charge in [-0.05, 0) is 48.9 Å². The van der Waals surface area contributed by atoms with Crippen molar-refractivity contribution in [2.45, 2.75) is 33.6 Å². The van der Waals surface area contributed by atoms with Crippen LogP contribution in [0.5, 0.6) is 0 Å². The number of hydrogen-bond donors (Lipinski definition) is 1. The third-order valence-electron chi connectivity index (χ3n) is 3.54. The fourth-order valence-corrected chi connectivity index (χ4v) is 2.78. The van der Waals surface area contributed by atoms with Crippen LogP contribution in [0, 0.1) is 19.8 Å². The molecule has 0 heterocycles. The highest BCUT2D eigenvalue weighted by Gasteiger charge is 2.30. The number of carbonyl (C=O) groups excluding carboxylic acids is 1. The maximum absolute atomic E-state index is 12.0. The Morgan fingerprint density at radius 1 is 1.38 bits per heavy atom. The first-order valence-corrected chi connectivity index (χ1v) is 5.83. The number of benzene rings is 1. The standard InChI is InChI=1S/C14H18O2/c1-8-6-9(2)13-12(11(8)4-5-15)7-10(3)14(13)16/h6,10,15H,4-5,7H2,1-3H3/t10-/m1/s1. The van der Waals surface area contributed by atoms with Gasteiger partial charge in [0.2, 0.25) is 0 Å². The minimum absolute atomic E-state index is 0.105. The van der Waals surface area contributed by atoms with Crippen LogP contribution in [0.3, 0.4) is 0 Å². The number of aliphatic hydroxyl groups excluding tert-OH is 1. The lowest BCUT2D eigenvalue weighted by Crippen LogP contribution is -2.05. The first kappa shape index (κ1) is 11.3. The Hall–Kier alpha value is -1.15. The molecule has 0 spiro atoms. The molecule has 0 radical (unpaired) electrons. The van der Waals surface area contributed by atoms with Crippen LogP contribution < -0.4 is 0 Å². The summed E-state index contributed by atoms with van der Waals surface area (Å²) >= 11 is 0. The summed E-state index contributed by atoms with van der Waals surface area (Å²) in [5.41, 5.74) is 5.57. The van der Waals surface area contributed by atoms with Crippen molar-refractivity contribution in [1.82, 2.24) is 0 Å². The van der Waals surface area contributed by atoms with Gasteiger partial charge in [-0.2, -0.15) is 0 Å². The Kier molecular flexibility index (Phi) is 2.85. The third-order valence-corrected chi connectivity index (χ3v) is 3.54. The van der Waals surface area contributed by atoms with Crippen molar-refractivity contribution in [3.05, 3.63) is 33.9 Å². The van der Waals surface area contributed by atoms with Gasteiger partial charge in [0.1, 0.15) is 0 Å². The van der Waals surface area contributed by atoms with Crippen LogP contribution in [0.4, 0.5) is 0 Å². The van der Waals surface area contributed by atoms with Gasteiger partial charge in [0, 0.05) is 18.1 Å². The van der Waals surface area contributed by atoms with Crippen molar-refractivity contribution in [2.24, 2.45) is 5.92 Å². The molecule has 0 saturated heterocycles. The molecule has 0 aliphatic heterocycles. The largest absolute Gasteiger partial charge is 0.396 e. The summed E-state index contributed by atoms with van der Waals surface area (Å²) < 4.78 is 0. The predicted octanol–water partition coefficient (Wildman–Crippen LogP) is 2.21. The molecule has 0 unspecified atom stereocenters. The molecule has 1 aliphatic carbocycles. The molecule has 0 fully saturated rings. The minimum Gasteiger partial charge on any atom is -0.396 e. The molecule has 2 nitrogen and oxygen atoms in total. The second-order valence-corrected chi connectivity index (χ2v) is 4.79. The highest BCUT2D eigenvalue weighted by atomic mass is 16.3. The Morgan fingerprint density at radius 2 is 2.06 bits per heavy atom. The lowest BCUT2D eigenvalue weighted by Gasteiger charge is -2.12. The topological polar surface area (TPSA) is 37.3 Å². The number of fused-ring (bicyclic) bond motifs is 1. The monoisotopic (exact) mass is 218 g/mol. The second-order valence-electron chi connectivity index (χ2n) is 4.79. The number of ketones is 1. The maximum atomic E-state index is 12.0. The Labute approximate surface area is 96.3 Å². The predicted molar refractivity (Wildman–Crippen MR) is 63.9 cm³/mol. The van der Waals surface area contributed by atoms with Crippen molar-refractivity contribution in [3.63, 3.8) is 0 Å². The molecule has 0 aromatic heterocycles. The molecule has 2 heteroatoms. The molecule has 1 aromatic carbocycles. The van der Waals surface area contributed by atoms with E-state index in [1.165, 1.54) is 16.7 Å². The summed E-state index contributed by atoms with van der Waals surface area (Å²) in [5, 5.41) is 9.09. The molecule has 0 amide bonds. The molecule has 1 N–H and O–H groups in total. The number of Topliss-reactive ketones (excluding diaryl/α,β-unsaturated/α-hetero) is 1. The van der Waals surface area contributed by atoms with Gasteiger partial charge in [-0.3, -0.25) is 4.79 Å². The van der Waals surface area contributed by atoms with Gasteiger partial charge in [0.15, 0.2) is 5.78 Å². The van der Waals surface area contributed by atoms with E-state index in [-0.39, 0.29) is 18.3 Å². The van der Waals surface area contributed by atoms with Gasteiger partial charge < -0.3 is 5.11 Å². The molecule has 1 aromatic rings. The fourth-order valence-electron chi connectivity index (χ4n) is 2.78. The molecule has 0 bridgehead atoms. The van der Waals surface area contributed by atoms with Gasteiger partial charge in [-0.15, -0.1) is 0 Å². The van der Waals surface area contributed by atoms with E-state index >= 15 is 0 Å². The van der Waals surface area contributed by atoms with Crippen LogP contribution in [0.2, 0.25) is 0 Å². The van der Waals surface area contributed by atoms with Crippen molar-refractivity contribution < 1.29 is 9.90 Å². The SMILES string of the molecule is Cc1cc(C)c2c(c1CCO)C[C@@H](C)C2=O. The molecular weight excluding hydrogens is 200 g/mol. The van der Waals surface area contributed by atoms with Crippen molar-refractivity contribution >= 4 is 5.78 Å². The van der Waals surface area contributed by atoms with E-state index < -0.39 is 0 Å². The summed E-state index contributed by atoms with van der Waals surface area (Å²) in [5.74, 6) is 0.375. The molecule has 1 aliphatic rings. The van der Waals surface area contributed by atoms with E-state index in [1.807, 2.05) is 13.8 Å². The highest BCUT2D eigenvalue weighted by molar-refractivity contribution is 6.03. The molecule has 86 valence electrons. The van der Waals surface area contributed by atoms with E-state index in [2.05, 4.69) is 13.0 Å². The van der Waals surface area contributed by atoms with Crippen LogP contribution >= 0.6 is 0 Å². The summed E-state index contributed by atoms with van der Waals surface area (Å²) in [6.07, 6.45) is 1.50. The van der Waals surface area contributed by atoms with Crippen LogP contribution in [-0.4, -0.2) is 17.5 Å². The highest BCUT2D eigenvalue weighted by Crippen LogP contribution is 2.33. The number of aryl methyl sites for hydroxylation is 2. The lowest BCUT2D eigenvalue weighted by atomic mass is 9.92. The smallest absolute Gasteiger partial charge is 0.166 e. The normalized spacial score (nSPS) is 19.0. The Balaban J connectivity index is 2.63. The van der Waals surface area contributed by atoms with Crippen LogP contribution in [-0.2, 0) is 12.8 Å². The maximum Gasteiger partial charge on any atom is 0.166 e. The average Bonchev–Trinajstić information content (AvgIpc) is 2.50. The van der Waals surface area contributed by atoms with Crippen molar-refractivity contribution in [1.29, 1.82) is 0 Å². The first-order valence-electron chi connectivity index (χ1n) is 5.83. The zero-order chi connectivity index (χ0) is 11.9. The quantitative estimate of drug-likeness (QED) is 0.826. The van der Waals surface area contributed by atoms with Crippen LogP contribution in [0.1, 0.15) is 39.5 Å². The zero-order valence-electron chi connectivity index (χ0n) is 10.1. The number of aliphatic hydroxyl groups is 1. The van der Waals surface area contributed by atoms with Crippen LogP contribution in [0.25, 0.3) is 0 Å². The van der Waals surface area contributed by atoms with Crippen molar-refractivity contribution in [2.75, 3.05) is 6.61 Å². The molecule has 0 saturated carbocycles. The summed E-state index contributed by atoms with van der Waals surface area (Å²) in [6, 6.07) is 2.07.